The maximum atomic E-state index is 9.67. The van der Waals surface area contributed by atoms with Crippen molar-refractivity contribution in [2.45, 2.75) is 45.4 Å². The second-order valence-electron chi connectivity index (χ2n) is 3.91. The number of aromatic hydroxyl groups is 1. The number of phenolic OH excluding ortho intramolecular Hbond substituents is 1. The van der Waals surface area contributed by atoms with Crippen LogP contribution in [0.2, 0.25) is 5.02 Å². The Morgan fingerprint density at radius 3 is 2.60 bits per heavy atom. The van der Waals surface area contributed by atoms with Crippen molar-refractivity contribution in [1.29, 1.82) is 0 Å². The highest BCUT2D eigenvalue weighted by Crippen LogP contribution is 2.28. The molecular weight excluding hydrogens is 208 g/mol. The molecule has 0 spiro atoms. The topological polar surface area (TPSA) is 20.2 Å². The van der Waals surface area contributed by atoms with Crippen molar-refractivity contribution in [3.05, 3.63) is 28.8 Å². The van der Waals surface area contributed by atoms with Crippen LogP contribution in [0, 0.1) is 0 Å². The van der Waals surface area contributed by atoms with Crippen LogP contribution in [0.15, 0.2) is 18.2 Å². The molecule has 0 unspecified atom stereocenters. The summed E-state index contributed by atoms with van der Waals surface area (Å²) in [7, 11) is 0. The van der Waals surface area contributed by atoms with Crippen molar-refractivity contribution >= 4 is 11.6 Å². The molecule has 2 heteroatoms. The van der Waals surface area contributed by atoms with Crippen LogP contribution in [0.5, 0.6) is 5.75 Å². The van der Waals surface area contributed by atoms with Crippen LogP contribution in [-0.4, -0.2) is 5.11 Å². The third-order valence-corrected chi connectivity index (χ3v) is 2.93. The number of aryl methyl sites for hydroxylation is 1. The van der Waals surface area contributed by atoms with Crippen LogP contribution >= 0.6 is 11.6 Å². The number of hydrogen-bond acceptors (Lipinski definition) is 1. The van der Waals surface area contributed by atoms with Gasteiger partial charge in [0.15, 0.2) is 0 Å². The quantitative estimate of drug-likeness (QED) is 0.706. The van der Waals surface area contributed by atoms with E-state index in [1.165, 1.54) is 25.7 Å². The highest BCUT2D eigenvalue weighted by molar-refractivity contribution is 6.32. The van der Waals surface area contributed by atoms with E-state index in [0.29, 0.717) is 5.02 Å². The number of halogens is 1. The zero-order valence-corrected chi connectivity index (χ0v) is 10.1. The molecule has 0 aromatic heterocycles. The number of phenols is 1. The Morgan fingerprint density at radius 1 is 1.13 bits per heavy atom. The lowest BCUT2D eigenvalue weighted by Crippen LogP contribution is -1.87. The van der Waals surface area contributed by atoms with Gasteiger partial charge >= 0.3 is 0 Å². The minimum Gasteiger partial charge on any atom is -0.506 e. The van der Waals surface area contributed by atoms with E-state index in [0.717, 1.165) is 18.4 Å². The number of unbranched alkanes of at least 4 members (excludes halogenated alkanes) is 4. The number of benzene rings is 1. The Hall–Kier alpha value is -0.690. The van der Waals surface area contributed by atoms with Gasteiger partial charge < -0.3 is 5.11 Å². The first-order valence-corrected chi connectivity index (χ1v) is 6.10. The smallest absolute Gasteiger partial charge is 0.137 e. The average Bonchev–Trinajstić information content (AvgIpc) is 2.24. The normalized spacial score (nSPS) is 10.5. The highest BCUT2D eigenvalue weighted by Gasteiger charge is 2.03. The predicted octanol–water partition coefficient (Wildman–Crippen LogP) is 4.56. The van der Waals surface area contributed by atoms with E-state index in [1.54, 1.807) is 6.07 Å². The Balaban J connectivity index is 2.34. The molecule has 0 amide bonds. The molecule has 1 rings (SSSR count). The third-order valence-electron chi connectivity index (χ3n) is 2.62. The molecule has 0 fully saturated rings. The van der Waals surface area contributed by atoms with Gasteiger partial charge in [-0.15, -0.1) is 0 Å². The van der Waals surface area contributed by atoms with Gasteiger partial charge in [-0.3, -0.25) is 0 Å². The van der Waals surface area contributed by atoms with Gasteiger partial charge in [0.25, 0.3) is 0 Å². The summed E-state index contributed by atoms with van der Waals surface area (Å²) < 4.78 is 0. The van der Waals surface area contributed by atoms with E-state index in [-0.39, 0.29) is 5.75 Å². The molecule has 0 aliphatic heterocycles. The highest BCUT2D eigenvalue weighted by atomic mass is 35.5. The lowest BCUT2D eigenvalue weighted by atomic mass is 10.0. The SMILES string of the molecule is CCCCCCCc1cccc(Cl)c1O. The van der Waals surface area contributed by atoms with E-state index >= 15 is 0 Å². The van der Waals surface area contributed by atoms with Crippen molar-refractivity contribution in [1.82, 2.24) is 0 Å². The van der Waals surface area contributed by atoms with Crippen molar-refractivity contribution in [2.24, 2.45) is 0 Å². The summed E-state index contributed by atoms with van der Waals surface area (Å²) in [6.45, 7) is 2.21. The van der Waals surface area contributed by atoms with Crippen LogP contribution in [0.25, 0.3) is 0 Å². The van der Waals surface area contributed by atoms with Gasteiger partial charge in [0.2, 0.25) is 0 Å². The summed E-state index contributed by atoms with van der Waals surface area (Å²) in [6, 6.07) is 5.56. The van der Waals surface area contributed by atoms with Gasteiger partial charge in [0.05, 0.1) is 5.02 Å². The summed E-state index contributed by atoms with van der Waals surface area (Å²) in [6.07, 6.45) is 7.16. The van der Waals surface area contributed by atoms with Crippen molar-refractivity contribution < 1.29 is 5.11 Å². The molecule has 15 heavy (non-hydrogen) atoms. The molecule has 0 heterocycles. The second kappa shape index (κ2) is 6.73. The van der Waals surface area contributed by atoms with Crippen LogP contribution < -0.4 is 0 Å². The number of hydrogen-bond donors (Lipinski definition) is 1. The first kappa shape index (κ1) is 12.4. The fraction of sp³-hybridized carbons (Fsp3) is 0.538. The van der Waals surface area contributed by atoms with Crippen molar-refractivity contribution in [2.75, 3.05) is 0 Å². The fourth-order valence-corrected chi connectivity index (χ4v) is 1.87. The second-order valence-corrected chi connectivity index (χ2v) is 4.32. The van der Waals surface area contributed by atoms with Gasteiger partial charge in [-0.05, 0) is 24.5 Å². The fourth-order valence-electron chi connectivity index (χ4n) is 1.68. The van der Waals surface area contributed by atoms with E-state index in [9.17, 15) is 5.11 Å². The molecule has 1 N–H and O–H groups in total. The van der Waals surface area contributed by atoms with Crippen molar-refractivity contribution in [3.8, 4) is 5.75 Å². The maximum Gasteiger partial charge on any atom is 0.137 e. The number of para-hydroxylation sites is 1. The monoisotopic (exact) mass is 226 g/mol. The third kappa shape index (κ3) is 4.13. The number of rotatable bonds is 6. The standard InChI is InChI=1S/C13H19ClO/c1-2-3-4-5-6-8-11-9-7-10-12(14)13(11)15/h7,9-10,15H,2-6,8H2,1H3. The van der Waals surface area contributed by atoms with Crippen molar-refractivity contribution in [3.63, 3.8) is 0 Å². The molecule has 1 aromatic carbocycles. The molecule has 0 aliphatic carbocycles. The Bertz CT molecular complexity index is 297. The molecule has 1 aromatic rings. The van der Waals surface area contributed by atoms with Crippen LogP contribution in [-0.2, 0) is 6.42 Å². The summed E-state index contributed by atoms with van der Waals surface area (Å²) in [5, 5.41) is 10.1. The Morgan fingerprint density at radius 2 is 1.87 bits per heavy atom. The van der Waals surface area contributed by atoms with Gasteiger partial charge in [-0.1, -0.05) is 56.3 Å². The summed E-state index contributed by atoms with van der Waals surface area (Å²) in [4.78, 5) is 0. The zero-order valence-electron chi connectivity index (χ0n) is 9.30. The first-order valence-electron chi connectivity index (χ1n) is 5.72. The molecule has 84 valence electrons. The van der Waals surface area contributed by atoms with Gasteiger partial charge in [0, 0.05) is 0 Å². The van der Waals surface area contributed by atoms with Gasteiger partial charge in [0.1, 0.15) is 5.75 Å². The minimum absolute atomic E-state index is 0.259. The lowest BCUT2D eigenvalue weighted by molar-refractivity contribution is 0.466. The van der Waals surface area contributed by atoms with Gasteiger partial charge in [-0.2, -0.15) is 0 Å². The molecule has 0 radical (unpaired) electrons. The van der Waals surface area contributed by atoms with E-state index in [4.69, 9.17) is 11.6 Å². The van der Waals surface area contributed by atoms with Gasteiger partial charge in [-0.25, -0.2) is 0 Å². The molecule has 0 bridgehead atoms. The largest absolute Gasteiger partial charge is 0.506 e. The average molecular weight is 227 g/mol. The lowest BCUT2D eigenvalue weighted by Gasteiger charge is -2.05. The Labute approximate surface area is 97.1 Å². The summed E-state index contributed by atoms with van der Waals surface area (Å²) in [5.41, 5.74) is 0.971. The molecular formula is C13H19ClO. The maximum absolute atomic E-state index is 9.67. The van der Waals surface area contributed by atoms with Crippen LogP contribution in [0.4, 0.5) is 0 Å². The minimum atomic E-state index is 0.259. The van der Waals surface area contributed by atoms with Crippen LogP contribution in [0.3, 0.4) is 0 Å². The molecule has 0 atom stereocenters. The van der Waals surface area contributed by atoms with E-state index < -0.39 is 0 Å². The molecule has 0 saturated heterocycles. The first-order chi connectivity index (χ1) is 7.25. The predicted molar refractivity (Wildman–Crippen MR) is 65.6 cm³/mol. The van der Waals surface area contributed by atoms with E-state index in [2.05, 4.69) is 6.92 Å². The summed E-state index contributed by atoms with van der Waals surface area (Å²) >= 11 is 5.83. The van der Waals surface area contributed by atoms with Crippen LogP contribution in [0.1, 0.15) is 44.6 Å². The van der Waals surface area contributed by atoms with E-state index in [1.807, 2.05) is 12.1 Å². The summed E-state index contributed by atoms with van der Waals surface area (Å²) in [5.74, 6) is 0.259. The zero-order chi connectivity index (χ0) is 11.1. The molecule has 0 aliphatic rings. The Kier molecular flexibility index (Phi) is 5.56. The molecule has 1 nitrogen and oxygen atoms in total. The molecule has 0 saturated carbocycles.